The van der Waals surface area contributed by atoms with Crippen molar-refractivity contribution in [3.05, 3.63) is 12.3 Å². The first-order valence-electron chi connectivity index (χ1n) is 9.97. The predicted octanol–water partition coefficient (Wildman–Crippen LogP) is 6.06. The number of rotatable bonds is 17. The molecule has 25 heavy (non-hydrogen) atoms. The average Bonchev–Trinajstić information content (AvgIpc) is 2.63. The van der Waals surface area contributed by atoms with Crippen LogP contribution in [0.4, 0.5) is 0 Å². The third-order valence-electron chi connectivity index (χ3n) is 5.05. The molecule has 150 valence electrons. The van der Waals surface area contributed by atoms with E-state index in [1.54, 1.807) is 27.6 Å². The average molecular weight is 359 g/mol. The molecule has 0 aliphatic rings. The van der Waals surface area contributed by atoms with Gasteiger partial charge in [-0.25, -0.2) is 0 Å². The third-order valence-corrected chi connectivity index (χ3v) is 5.05. The van der Waals surface area contributed by atoms with E-state index >= 15 is 0 Å². The van der Waals surface area contributed by atoms with E-state index in [4.69, 9.17) is 18.9 Å². The summed E-state index contributed by atoms with van der Waals surface area (Å²) < 4.78 is 22.6. The molecule has 0 amide bonds. The molecule has 0 saturated heterocycles. The van der Waals surface area contributed by atoms with Crippen molar-refractivity contribution >= 4 is 0 Å². The van der Waals surface area contributed by atoms with Gasteiger partial charge in [-0.05, 0) is 25.7 Å². The summed E-state index contributed by atoms with van der Waals surface area (Å²) >= 11 is 0. The van der Waals surface area contributed by atoms with Gasteiger partial charge in [0.1, 0.15) is 0 Å². The number of hydrogen-bond donors (Lipinski definition) is 0. The fourth-order valence-electron chi connectivity index (χ4n) is 3.49. The second-order valence-corrected chi connectivity index (χ2v) is 7.00. The van der Waals surface area contributed by atoms with E-state index in [-0.39, 0.29) is 5.41 Å². The molecule has 0 spiro atoms. The van der Waals surface area contributed by atoms with Crippen LogP contribution in [-0.2, 0) is 18.9 Å². The first kappa shape index (κ1) is 24.4. The van der Waals surface area contributed by atoms with Gasteiger partial charge in [-0.2, -0.15) is 0 Å². The van der Waals surface area contributed by atoms with Gasteiger partial charge in [-0.3, -0.25) is 0 Å². The molecule has 4 nitrogen and oxygen atoms in total. The smallest absolute Gasteiger partial charge is 0.287 e. The number of unbranched alkanes of at least 4 members (excludes halogenated alkanes) is 5. The molecule has 0 aliphatic heterocycles. The highest BCUT2D eigenvalue weighted by Crippen LogP contribution is 2.44. The minimum Gasteiger partial charge on any atom is -0.502 e. The van der Waals surface area contributed by atoms with Crippen LogP contribution in [-0.4, -0.2) is 33.9 Å². The van der Waals surface area contributed by atoms with Gasteiger partial charge in [0.05, 0.1) is 12.9 Å². The Morgan fingerprint density at radius 2 is 1.32 bits per heavy atom. The standard InChI is InChI=1S/C21H42O4/c1-7-9-11-12-13-14-16-20(3,21(22-4,23-5)24-6)17-15-19-25-18-10-8-2/h10,18H,7-9,11-17,19H2,1-6H3. The number of ether oxygens (including phenoxy) is 4. The van der Waals surface area contributed by atoms with Crippen molar-refractivity contribution in [2.24, 2.45) is 5.41 Å². The highest BCUT2D eigenvalue weighted by Gasteiger charge is 2.49. The summed E-state index contributed by atoms with van der Waals surface area (Å²) in [5.74, 6) is -1.00. The highest BCUT2D eigenvalue weighted by molar-refractivity contribution is 4.85. The molecule has 4 heteroatoms. The summed E-state index contributed by atoms with van der Waals surface area (Å²) in [5, 5.41) is 0. The van der Waals surface area contributed by atoms with Crippen LogP contribution in [0.2, 0.25) is 0 Å². The van der Waals surface area contributed by atoms with Crippen molar-refractivity contribution in [3.8, 4) is 0 Å². The van der Waals surface area contributed by atoms with E-state index in [9.17, 15) is 0 Å². The summed E-state index contributed by atoms with van der Waals surface area (Å²) in [6, 6.07) is 0. The van der Waals surface area contributed by atoms with E-state index < -0.39 is 5.97 Å². The lowest BCUT2D eigenvalue weighted by Crippen LogP contribution is -2.51. The first-order chi connectivity index (χ1) is 12.1. The first-order valence-corrected chi connectivity index (χ1v) is 9.97. The Hall–Kier alpha value is -0.580. The van der Waals surface area contributed by atoms with Crippen molar-refractivity contribution in [3.63, 3.8) is 0 Å². The largest absolute Gasteiger partial charge is 0.502 e. The van der Waals surface area contributed by atoms with Gasteiger partial charge in [0.15, 0.2) is 0 Å². The van der Waals surface area contributed by atoms with Crippen molar-refractivity contribution in [1.29, 1.82) is 0 Å². The van der Waals surface area contributed by atoms with E-state index in [0.717, 1.165) is 32.1 Å². The van der Waals surface area contributed by atoms with Gasteiger partial charge in [-0.15, -0.1) is 0 Å². The summed E-state index contributed by atoms with van der Waals surface area (Å²) in [7, 11) is 4.98. The van der Waals surface area contributed by atoms with Crippen LogP contribution in [0.25, 0.3) is 0 Å². The molecule has 0 N–H and O–H groups in total. The second-order valence-electron chi connectivity index (χ2n) is 7.00. The molecular formula is C21H42O4. The molecule has 0 rings (SSSR count). The molecule has 0 aliphatic carbocycles. The van der Waals surface area contributed by atoms with E-state index in [1.165, 1.54) is 32.1 Å². The molecular weight excluding hydrogens is 316 g/mol. The SMILES string of the molecule is CCC=COCCCC(C)(CCCCCCCC)C(OC)(OC)OC. The molecule has 0 aromatic carbocycles. The zero-order chi connectivity index (χ0) is 19.0. The second kappa shape index (κ2) is 14.6. The molecule has 0 heterocycles. The maximum Gasteiger partial charge on any atom is 0.287 e. The number of allylic oxidation sites excluding steroid dienone is 1. The maximum absolute atomic E-state index is 5.69. The van der Waals surface area contributed by atoms with E-state index in [1.807, 2.05) is 6.08 Å². The molecule has 1 unspecified atom stereocenters. The lowest BCUT2D eigenvalue weighted by Gasteiger charge is -2.45. The Morgan fingerprint density at radius 1 is 0.760 bits per heavy atom. The Balaban J connectivity index is 4.66. The van der Waals surface area contributed by atoms with E-state index in [2.05, 4.69) is 20.8 Å². The van der Waals surface area contributed by atoms with Crippen LogP contribution >= 0.6 is 0 Å². The lowest BCUT2D eigenvalue weighted by atomic mass is 9.77. The van der Waals surface area contributed by atoms with Crippen LogP contribution < -0.4 is 0 Å². The van der Waals surface area contributed by atoms with Crippen molar-refractivity contribution in [1.82, 2.24) is 0 Å². The summed E-state index contributed by atoms with van der Waals surface area (Å²) in [5.41, 5.74) is -0.214. The van der Waals surface area contributed by atoms with Crippen LogP contribution in [0.3, 0.4) is 0 Å². The highest BCUT2D eigenvalue weighted by atomic mass is 16.9. The van der Waals surface area contributed by atoms with Crippen LogP contribution in [0.1, 0.15) is 85.0 Å². The molecule has 0 aromatic rings. The van der Waals surface area contributed by atoms with Gasteiger partial charge in [-0.1, -0.05) is 65.4 Å². The van der Waals surface area contributed by atoms with Crippen LogP contribution in [0.5, 0.6) is 0 Å². The van der Waals surface area contributed by atoms with Gasteiger partial charge >= 0.3 is 0 Å². The van der Waals surface area contributed by atoms with Crippen LogP contribution in [0.15, 0.2) is 12.3 Å². The zero-order valence-electron chi connectivity index (χ0n) is 17.6. The Kier molecular flexibility index (Phi) is 14.2. The van der Waals surface area contributed by atoms with E-state index in [0.29, 0.717) is 6.61 Å². The quantitative estimate of drug-likeness (QED) is 0.180. The third kappa shape index (κ3) is 8.57. The van der Waals surface area contributed by atoms with Gasteiger partial charge in [0.25, 0.3) is 5.97 Å². The molecule has 0 aromatic heterocycles. The molecule has 0 fully saturated rings. The zero-order valence-corrected chi connectivity index (χ0v) is 17.6. The molecule has 0 radical (unpaired) electrons. The van der Waals surface area contributed by atoms with Crippen molar-refractivity contribution in [2.75, 3.05) is 27.9 Å². The minimum atomic E-state index is -1.00. The monoisotopic (exact) mass is 358 g/mol. The molecule has 1 atom stereocenters. The van der Waals surface area contributed by atoms with Crippen molar-refractivity contribution in [2.45, 2.75) is 91.0 Å². The lowest BCUT2D eigenvalue weighted by molar-refractivity contribution is -0.406. The van der Waals surface area contributed by atoms with Crippen molar-refractivity contribution < 1.29 is 18.9 Å². The summed E-state index contributed by atoms with van der Waals surface area (Å²) in [6.07, 6.45) is 15.4. The molecule has 0 bridgehead atoms. The fourth-order valence-corrected chi connectivity index (χ4v) is 3.49. The topological polar surface area (TPSA) is 36.9 Å². The summed E-state index contributed by atoms with van der Waals surface area (Å²) in [6.45, 7) is 7.26. The predicted molar refractivity (Wildman–Crippen MR) is 104 cm³/mol. The molecule has 0 saturated carbocycles. The van der Waals surface area contributed by atoms with Crippen LogP contribution in [0, 0.1) is 5.41 Å². The van der Waals surface area contributed by atoms with Gasteiger partial charge in [0.2, 0.25) is 0 Å². The minimum absolute atomic E-state index is 0.214. The fraction of sp³-hybridized carbons (Fsp3) is 0.905. The normalized spacial score (nSPS) is 14.8. The van der Waals surface area contributed by atoms with Gasteiger partial charge in [0, 0.05) is 26.7 Å². The number of hydrogen-bond acceptors (Lipinski definition) is 4. The maximum atomic E-state index is 5.69. The van der Waals surface area contributed by atoms with Gasteiger partial charge < -0.3 is 18.9 Å². The summed E-state index contributed by atoms with van der Waals surface area (Å²) in [4.78, 5) is 0. The number of methoxy groups -OCH3 is 3. The Labute approximate surface area is 156 Å². The Bertz CT molecular complexity index is 318. The Morgan fingerprint density at radius 3 is 1.88 bits per heavy atom.